The molecule has 1 aliphatic rings. The van der Waals surface area contributed by atoms with Crippen LogP contribution in [0.5, 0.6) is 0 Å². The molecule has 0 aliphatic heterocycles. The standard InChI is InChI=1S/C19H19BrF2N4/c1-10-7-19(2,15-8-25-9-16(20)26-15)18(24)11(10)6-14(23)17-12(21)4-3-5-13(17)22/h3-6,8-10H,7,23-24H2,1-2H3/b14-6-/t10-,19+/m1/s1. The van der Waals surface area contributed by atoms with E-state index in [9.17, 15) is 8.78 Å². The fourth-order valence-corrected chi connectivity index (χ4v) is 3.81. The molecular weight excluding hydrogens is 402 g/mol. The molecule has 7 heteroatoms. The Bertz CT molecular complexity index is 905. The lowest BCUT2D eigenvalue weighted by atomic mass is 9.82. The van der Waals surface area contributed by atoms with Crippen LogP contribution in [0, 0.1) is 17.6 Å². The molecule has 0 spiro atoms. The zero-order chi connectivity index (χ0) is 19.1. The molecule has 2 atom stereocenters. The number of rotatable bonds is 3. The van der Waals surface area contributed by atoms with Gasteiger partial charge in [0.2, 0.25) is 0 Å². The Kier molecular flexibility index (Phi) is 4.84. The molecule has 1 aromatic carbocycles. The van der Waals surface area contributed by atoms with Gasteiger partial charge in [-0.05, 0) is 59.0 Å². The van der Waals surface area contributed by atoms with Crippen molar-refractivity contribution in [3.63, 3.8) is 0 Å². The molecule has 0 bridgehead atoms. The normalized spacial score (nSPS) is 23.6. The van der Waals surface area contributed by atoms with E-state index in [1.165, 1.54) is 18.2 Å². The van der Waals surface area contributed by atoms with Crippen LogP contribution in [-0.2, 0) is 5.41 Å². The third kappa shape index (κ3) is 3.11. The Balaban J connectivity index is 2.08. The van der Waals surface area contributed by atoms with Gasteiger partial charge >= 0.3 is 0 Å². The lowest BCUT2D eigenvalue weighted by Crippen LogP contribution is -2.28. The van der Waals surface area contributed by atoms with Crippen molar-refractivity contribution in [3.8, 4) is 0 Å². The number of hydrogen-bond donors (Lipinski definition) is 2. The Morgan fingerprint density at radius 2 is 1.96 bits per heavy atom. The first-order chi connectivity index (χ1) is 12.2. The van der Waals surface area contributed by atoms with Crippen molar-refractivity contribution in [2.75, 3.05) is 0 Å². The average molecular weight is 421 g/mol. The fourth-order valence-electron chi connectivity index (χ4n) is 3.50. The first-order valence-electron chi connectivity index (χ1n) is 8.13. The number of benzene rings is 1. The summed E-state index contributed by atoms with van der Waals surface area (Å²) in [5, 5.41) is 0. The molecule has 136 valence electrons. The van der Waals surface area contributed by atoms with Crippen LogP contribution in [0.2, 0.25) is 0 Å². The van der Waals surface area contributed by atoms with Crippen molar-refractivity contribution in [3.05, 3.63) is 75.4 Å². The van der Waals surface area contributed by atoms with Crippen LogP contribution in [0.1, 0.15) is 31.5 Å². The summed E-state index contributed by atoms with van der Waals surface area (Å²) in [6.07, 6.45) is 5.54. The SMILES string of the molecule is C[C@@H]1C[C@@](C)(c2cncc(Br)n2)C(N)=C1/C=C(\N)c1c(F)cccc1F. The van der Waals surface area contributed by atoms with Gasteiger partial charge in [0, 0.05) is 17.6 Å². The summed E-state index contributed by atoms with van der Waals surface area (Å²) < 4.78 is 28.6. The number of aromatic nitrogens is 2. The van der Waals surface area contributed by atoms with Crippen LogP contribution < -0.4 is 11.5 Å². The van der Waals surface area contributed by atoms with Gasteiger partial charge in [-0.3, -0.25) is 4.98 Å². The van der Waals surface area contributed by atoms with E-state index in [0.717, 1.165) is 11.3 Å². The average Bonchev–Trinajstić information content (AvgIpc) is 2.79. The summed E-state index contributed by atoms with van der Waals surface area (Å²) in [6.45, 7) is 3.98. The van der Waals surface area contributed by atoms with E-state index in [2.05, 4.69) is 25.9 Å². The summed E-state index contributed by atoms with van der Waals surface area (Å²) in [4.78, 5) is 8.64. The third-order valence-electron chi connectivity index (χ3n) is 4.88. The first kappa shape index (κ1) is 18.5. The largest absolute Gasteiger partial charge is 0.401 e. The van der Waals surface area contributed by atoms with Crippen molar-refractivity contribution in [1.82, 2.24) is 9.97 Å². The highest BCUT2D eigenvalue weighted by molar-refractivity contribution is 9.10. The molecule has 0 saturated carbocycles. The van der Waals surface area contributed by atoms with Crippen molar-refractivity contribution < 1.29 is 8.78 Å². The lowest BCUT2D eigenvalue weighted by molar-refractivity contribution is 0.472. The second kappa shape index (κ2) is 6.79. The van der Waals surface area contributed by atoms with E-state index in [0.29, 0.717) is 16.7 Å². The van der Waals surface area contributed by atoms with Crippen LogP contribution in [0.15, 0.2) is 52.5 Å². The Labute approximate surface area is 159 Å². The number of hydrogen-bond acceptors (Lipinski definition) is 4. The fraction of sp³-hybridized carbons (Fsp3) is 0.263. The van der Waals surface area contributed by atoms with Gasteiger partial charge in [-0.1, -0.05) is 13.0 Å². The summed E-state index contributed by atoms with van der Waals surface area (Å²) in [5.41, 5.74) is 13.8. The molecule has 4 nitrogen and oxygen atoms in total. The number of nitrogens with zero attached hydrogens (tertiary/aromatic N) is 2. The molecule has 1 aliphatic carbocycles. The predicted molar refractivity (Wildman–Crippen MR) is 101 cm³/mol. The molecule has 0 fully saturated rings. The summed E-state index contributed by atoms with van der Waals surface area (Å²) in [6, 6.07) is 3.66. The molecule has 4 N–H and O–H groups in total. The van der Waals surface area contributed by atoms with Crippen molar-refractivity contribution in [1.29, 1.82) is 0 Å². The third-order valence-corrected chi connectivity index (χ3v) is 5.27. The maximum absolute atomic E-state index is 14.0. The van der Waals surface area contributed by atoms with Gasteiger partial charge in [0.05, 0.1) is 22.9 Å². The minimum atomic E-state index is -0.704. The minimum Gasteiger partial charge on any atom is -0.401 e. The topological polar surface area (TPSA) is 77.8 Å². The Hall–Kier alpha value is -2.28. The van der Waals surface area contributed by atoms with Crippen LogP contribution in [-0.4, -0.2) is 9.97 Å². The molecule has 26 heavy (non-hydrogen) atoms. The van der Waals surface area contributed by atoms with Crippen molar-refractivity contribution in [2.24, 2.45) is 17.4 Å². The summed E-state index contributed by atoms with van der Waals surface area (Å²) >= 11 is 3.32. The van der Waals surface area contributed by atoms with E-state index in [-0.39, 0.29) is 17.2 Å². The lowest BCUT2D eigenvalue weighted by Gasteiger charge is -2.25. The van der Waals surface area contributed by atoms with Crippen LogP contribution in [0.3, 0.4) is 0 Å². The van der Waals surface area contributed by atoms with Gasteiger partial charge in [-0.2, -0.15) is 0 Å². The Morgan fingerprint density at radius 3 is 2.58 bits per heavy atom. The second-order valence-corrected chi connectivity index (χ2v) is 7.54. The van der Waals surface area contributed by atoms with E-state index in [4.69, 9.17) is 11.5 Å². The molecule has 0 unspecified atom stereocenters. The molecule has 0 radical (unpaired) electrons. The first-order valence-corrected chi connectivity index (χ1v) is 8.93. The highest BCUT2D eigenvalue weighted by Crippen LogP contribution is 2.46. The predicted octanol–water partition coefficient (Wildman–Crippen LogP) is 4.03. The number of allylic oxidation sites excluding steroid dienone is 3. The molecule has 0 amide bonds. The molecule has 1 heterocycles. The summed E-state index contributed by atoms with van der Waals surface area (Å²) in [5.74, 6) is -1.36. The minimum absolute atomic E-state index is 0.00924. The Morgan fingerprint density at radius 1 is 1.31 bits per heavy atom. The molecule has 2 aromatic rings. The van der Waals surface area contributed by atoms with Crippen LogP contribution in [0.25, 0.3) is 5.70 Å². The smallest absolute Gasteiger partial charge is 0.135 e. The highest BCUT2D eigenvalue weighted by Gasteiger charge is 2.41. The van der Waals surface area contributed by atoms with Crippen LogP contribution >= 0.6 is 15.9 Å². The van der Waals surface area contributed by atoms with Gasteiger partial charge in [0.25, 0.3) is 0 Å². The molecular formula is C19H19BrF2N4. The van der Waals surface area contributed by atoms with E-state index in [1.54, 1.807) is 18.5 Å². The monoisotopic (exact) mass is 420 g/mol. The van der Waals surface area contributed by atoms with Gasteiger partial charge in [-0.25, -0.2) is 13.8 Å². The van der Waals surface area contributed by atoms with Crippen LogP contribution in [0.4, 0.5) is 8.78 Å². The van der Waals surface area contributed by atoms with Crippen molar-refractivity contribution >= 4 is 21.6 Å². The summed E-state index contributed by atoms with van der Waals surface area (Å²) in [7, 11) is 0. The van der Waals surface area contributed by atoms with Gasteiger partial charge in [-0.15, -0.1) is 0 Å². The van der Waals surface area contributed by atoms with E-state index >= 15 is 0 Å². The maximum atomic E-state index is 14.0. The number of halogens is 3. The zero-order valence-corrected chi connectivity index (χ0v) is 16.0. The highest BCUT2D eigenvalue weighted by atomic mass is 79.9. The molecule has 3 rings (SSSR count). The zero-order valence-electron chi connectivity index (χ0n) is 14.4. The molecule has 0 saturated heterocycles. The maximum Gasteiger partial charge on any atom is 0.135 e. The van der Waals surface area contributed by atoms with Crippen molar-refractivity contribution in [2.45, 2.75) is 25.7 Å². The second-order valence-electron chi connectivity index (χ2n) is 6.73. The van der Waals surface area contributed by atoms with E-state index < -0.39 is 17.0 Å². The van der Waals surface area contributed by atoms with Gasteiger partial charge in [0.15, 0.2) is 0 Å². The quantitative estimate of drug-likeness (QED) is 0.785. The van der Waals surface area contributed by atoms with E-state index in [1.807, 2.05) is 13.8 Å². The van der Waals surface area contributed by atoms with Gasteiger partial charge in [0.1, 0.15) is 16.2 Å². The molecule has 1 aromatic heterocycles. The number of nitrogens with two attached hydrogens (primary N) is 2. The van der Waals surface area contributed by atoms with Gasteiger partial charge < -0.3 is 11.5 Å².